The van der Waals surface area contributed by atoms with E-state index in [1.54, 1.807) is 0 Å². The third kappa shape index (κ3) is 8.82. The van der Waals surface area contributed by atoms with Crippen LogP contribution in [0.4, 0.5) is 0 Å². The SMILES string of the molecule is [Fe].[Ni].[Ta].[Ti]. The molecule has 0 N–H and O–H groups in total. The van der Waals surface area contributed by atoms with Crippen LogP contribution in [0.15, 0.2) is 0 Å². The van der Waals surface area contributed by atoms with Crippen LogP contribution in [0.5, 0.6) is 0 Å². The van der Waals surface area contributed by atoms with E-state index in [2.05, 4.69) is 0 Å². The fourth-order valence-corrected chi connectivity index (χ4v) is 0. The van der Waals surface area contributed by atoms with Gasteiger partial charge in [0.05, 0.1) is 0 Å². The summed E-state index contributed by atoms with van der Waals surface area (Å²) >= 11 is 0. The molecule has 0 unspecified atom stereocenters. The molecule has 0 nitrogen and oxygen atoms in total. The van der Waals surface area contributed by atoms with Crippen LogP contribution in [-0.4, -0.2) is 0 Å². The first-order valence-corrected chi connectivity index (χ1v) is 0. The van der Waals surface area contributed by atoms with Crippen LogP contribution in [0.3, 0.4) is 0 Å². The van der Waals surface area contributed by atoms with Gasteiger partial charge in [0.1, 0.15) is 0 Å². The monoisotopic (exact) mass is 343 g/mol. The molecule has 0 amide bonds. The molecule has 0 aliphatic rings. The van der Waals surface area contributed by atoms with E-state index in [1.807, 2.05) is 0 Å². The smallest absolute Gasteiger partial charge is 0 e. The van der Waals surface area contributed by atoms with Crippen LogP contribution in [0, 0.1) is 0 Å². The van der Waals surface area contributed by atoms with Gasteiger partial charge in [-0.15, -0.1) is 0 Å². The van der Waals surface area contributed by atoms with E-state index in [0.717, 1.165) is 0 Å². The maximum Gasteiger partial charge on any atom is 0 e. The average Bonchev–Trinajstić information content (AvgIpc) is 0. The van der Waals surface area contributed by atoms with E-state index in [0.29, 0.717) is 0 Å². The second-order valence-electron chi connectivity index (χ2n) is 0. The molecule has 0 aromatic rings. The first-order chi connectivity index (χ1) is 0. The first kappa shape index (κ1) is 31.8. The largest absolute Gasteiger partial charge is 0 e. The van der Waals surface area contributed by atoms with Gasteiger partial charge in [0.2, 0.25) is 0 Å². The normalized spacial score (nSPS) is 0. The molecule has 4 heavy (non-hydrogen) atoms. The molecule has 0 saturated carbocycles. The van der Waals surface area contributed by atoms with Gasteiger partial charge in [0.25, 0.3) is 0 Å². The summed E-state index contributed by atoms with van der Waals surface area (Å²) in [6.07, 6.45) is 0. The molecule has 0 aliphatic carbocycles. The van der Waals surface area contributed by atoms with Crippen molar-refractivity contribution in [1.82, 2.24) is 0 Å². The van der Waals surface area contributed by atoms with Gasteiger partial charge in [-0.05, 0) is 0 Å². The molecule has 0 bridgehead atoms. The van der Waals surface area contributed by atoms with Gasteiger partial charge in [0.15, 0.2) is 0 Å². The molecule has 0 atom stereocenters. The van der Waals surface area contributed by atoms with Crippen molar-refractivity contribution in [2.75, 3.05) is 0 Å². The zero-order chi connectivity index (χ0) is 0. The summed E-state index contributed by atoms with van der Waals surface area (Å²) in [4.78, 5) is 0. The molecule has 0 aromatic carbocycles. The zero-order valence-electron chi connectivity index (χ0n) is 1.62. The third-order valence-electron chi connectivity index (χ3n) is 0. The Morgan fingerprint density at radius 2 is 1.00 bits per heavy atom. The van der Waals surface area contributed by atoms with Crippen molar-refractivity contribution < 1.29 is 77.7 Å². The van der Waals surface area contributed by atoms with E-state index in [-0.39, 0.29) is 77.7 Å². The molecule has 1 radical (unpaired) electrons. The predicted octanol–water partition coefficient (Wildman–Crippen LogP) is -0.0100. The van der Waals surface area contributed by atoms with E-state index in [1.165, 1.54) is 0 Å². The van der Waals surface area contributed by atoms with E-state index < -0.39 is 0 Å². The summed E-state index contributed by atoms with van der Waals surface area (Å²) < 4.78 is 0. The van der Waals surface area contributed by atoms with Gasteiger partial charge in [-0.1, -0.05) is 0 Å². The summed E-state index contributed by atoms with van der Waals surface area (Å²) in [5.74, 6) is 0. The van der Waals surface area contributed by atoms with E-state index in [9.17, 15) is 0 Å². The summed E-state index contributed by atoms with van der Waals surface area (Å²) in [7, 11) is 0. The van der Waals surface area contributed by atoms with Crippen molar-refractivity contribution in [1.29, 1.82) is 0 Å². The molecular formula is FeNiTaTi. The Balaban J connectivity index is 0. The molecule has 0 fully saturated rings. The number of hydrogen-bond donors (Lipinski definition) is 0. The van der Waals surface area contributed by atoms with Crippen LogP contribution < -0.4 is 0 Å². The third-order valence-corrected chi connectivity index (χ3v) is 0. The molecule has 0 aliphatic heterocycles. The van der Waals surface area contributed by atoms with Crippen molar-refractivity contribution in [3.05, 3.63) is 0 Å². The summed E-state index contributed by atoms with van der Waals surface area (Å²) in [6, 6.07) is 0. The van der Waals surface area contributed by atoms with Crippen molar-refractivity contribution in [3.63, 3.8) is 0 Å². The van der Waals surface area contributed by atoms with E-state index in [4.69, 9.17) is 0 Å². The van der Waals surface area contributed by atoms with Crippen molar-refractivity contribution in [2.45, 2.75) is 0 Å². The van der Waals surface area contributed by atoms with Crippen LogP contribution in [0.1, 0.15) is 0 Å². The topological polar surface area (TPSA) is 0 Å². The summed E-state index contributed by atoms with van der Waals surface area (Å²) in [5.41, 5.74) is 0. The minimum atomic E-state index is 0. The second-order valence-corrected chi connectivity index (χ2v) is 0. The fourth-order valence-electron chi connectivity index (χ4n) is 0. The molecular weight excluding hydrogens is 343 g/mol. The minimum Gasteiger partial charge on any atom is 0 e. The van der Waals surface area contributed by atoms with Crippen molar-refractivity contribution in [3.8, 4) is 0 Å². The first-order valence-electron chi connectivity index (χ1n) is 0. The molecule has 0 aromatic heterocycles. The Morgan fingerprint density at radius 1 is 1.00 bits per heavy atom. The molecule has 0 saturated heterocycles. The molecule has 4 heteroatoms. The summed E-state index contributed by atoms with van der Waals surface area (Å²) in [6.45, 7) is 0. The fraction of sp³-hybridized carbons (Fsp3) is 0. The van der Waals surface area contributed by atoms with Gasteiger partial charge in [-0.2, -0.15) is 0 Å². The Kier molecular flexibility index (Phi) is 142. The zero-order valence-corrected chi connectivity index (χ0v) is 8.48. The quantitative estimate of drug-likeness (QED) is 0.543. The van der Waals surface area contributed by atoms with Crippen LogP contribution in [-0.2, 0) is 77.7 Å². The maximum absolute atomic E-state index is 0. The van der Waals surface area contributed by atoms with Gasteiger partial charge in [0, 0.05) is 77.7 Å². The van der Waals surface area contributed by atoms with Crippen LogP contribution in [0.25, 0.3) is 0 Å². The minimum absolute atomic E-state index is 0. The average molecular weight is 343 g/mol. The molecule has 27 valence electrons. The van der Waals surface area contributed by atoms with Crippen molar-refractivity contribution >= 4 is 0 Å². The molecule has 0 spiro atoms. The van der Waals surface area contributed by atoms with Crippen LogP contribution >= 0.6 is 0 Å². The maximum atomic E-state index is 0. The Hall–Kier alpha value is 2.47. The van der Waals surface area contributed by atoms with Gasteiger partial charge in [-0.3, -0.25) is 0 Å². The Morgan fingerprint density at radius 3 is 1.00 bits per heavy atom. The predicted molar refractivity (Wildman–Crippen MR) is 0 cm³/mol. The number of rotatable bonds is 0. The van der Waals surface area contributed by atoms with Crippen LogP contribution in [0.2, 0.25) is 0 Å². The van der Waals surface area contributed by atoms with Gasteiger partial charge < -0.3 is 0 Å². The molecule has 0 heterocycles. The second kappa shape index (κ2) is 17.9. The van der Waals surface area contributed by atoms with E-state index >= 15 is 0 Å². The molecule has 0 rings (SSSR count). The van der Waals surface area contributed by atoms with Crippen molar-refractivity contribution in [2.24, 2.45) is 0 Å². The van der Waals surface area contributed by atoms with Gasteiger partial charge in [-0.25, -0.2) is 0 Å². The summed E-state index contributed by atoms with van der Waals surface area (Å²) in [5, 5.41) is 0. The Bertz CT molecular complexity index is 8.00. The van der Waals surface area contributed by atoms with Gasteiger partial charge >= 0.3 is 0 Å². The number of hydrogen-bond acceptors (Lipinski definition) is 0. The standard InChI is InChI=1S/Fe.Ni.Ta.Ti. The Labute approximate surface area is 76.7 Å².